The number of nitrogens with zero attached hydrogens (tertiary/aromatic N) is 5. The van der Waals surface area contributed by atoms with Gasteiger partial charge in [0.1, 0.15) is 41.8 Å². The van der Waals surface area contributed by atoms with Gasteiger partial charge in [-0.15, -0.1) is 11.3 Å². The van der Waals surface area contributed by atoms with E-state index in [0.717, 1.165) is 5.01 Å². The van der Waals surface area contributed by atoms with Crippen molar-refractivity contribution in [2.45, 2.75) is 50.7 Å². The van der Waals surface area contributed by atoms with Gasteiger partial charge in [-0.05, 0) is 31.0 Å². The molecule has 2 aliphatic rings. The lowest BCUT2D eigenvalue weighted by Crippen LogP contribution is -2.40. The fraction of sp³-hybridized carbons (Fsp3) is 0.407. The zero-order valence-electron chi connectivity index (χ0n) is 21.7. The molecule has 4 heterocycles. The van der Waals surface area contributed by atoms with E-state index in [9.17, 15) is 26.7 Å². The van der Waals surface area contributed by atoms with Crippen molar-refractivity contribution in [3.05, 3.63) is 75.8 Å². The summed E-state index contributed by atoms with van der Waals surface area (Å²) in [5.74, 6) is -0.504. The van der Waals surface area contributed by atoms with E-state index in [-0.39, 0.29) is 18.1 Å². The van der Waals surface area contributed by atoms with Gasteiger partial charge in [-0.1, -0.05) is 23.9 Å². The number of carbonyl (C=O) groups is 1. The number of amides is 1. The molecule has 0 saturated carbocycles. The second-order valence-electron chi connectivity index (χ2n) is 9.57. The van der Waals surface area contributed by atoms with Gasteiger partial charge in [-0.2, -0.15) is 5.10 Å². The maximum absolute atomic E-state index is 14.7. The number of carbonyl (C=O) groups excluding carboxylic acids is 1. The molecule has 2 aromatic heterocycles. The molecule has 1 amide bonds. The fourth-order valence-corrected chi connectivity index (χ4v) is 5.86. The molecule has 0 unspecified atom stereocenters. The van der Waals surface area contributed by atoms with Gasteiger partial charge in [0.15, 0.2) is 6.10 Å². The monoisotopic (exact) mass is 595 g/mol. The first-order chi connectivity index (χ1) is 19.7. The summed E-state index contributed by atoms with van der Waals surface area (Å²) >= 11 is 1.45. The molecule has 8 nitrogen and oxygen atoms in total. The van der Waals surface area contributed by atoms with Gasteiger partial charge < -0.3 is 14.5 Å². The van der Waals surface area contributed by atoms with Crippen molar-refractivity contribution in [2.75, 3.05) is 19.7 Å². The highest BCUT2D eigenvalue weighted by Gasteiger charge is 2.32. The summed E-state index contributed by atoms with van der Waals surface area (Å²) in [5, 5.41) is 10.4. The number of hydrogen-bond donors (Lipinski definition) is 0. The molecule has 2 aliphatic heterocycles. The molecule has 0 aliphatic carbocycles. The summed E-state index contributed by atoms with van der Waals surface area (Å²) in [6, 6.07) is 5.18. The van der Waals surface area contributed by atoms with E-state index in [4.69, 9.17) is 14.6 Å². The third-order valence-corrected chi connectivity index (χ3v) is 7.94. The molecule has 0 N–H and O–H groups in total. The van der Waals surface area contributed by atoms with Crippen LogP contribution in [0.3, 0.4) is 0 Å². The quantitative estimate of drug-likeness (QED) is 0.206. The Bertz CT molecular complexity index is 1430. The third-order valence-electron chi connectivity index (χ3n) is 6.94. The van der Waals surface area contributed by atoms with Gasteiger partial charge in [0, 0.05) is 30.8 Å². The average molecular weight is 596 g/mol. The highest BCUT2D eigenvalue weighted by molar-refractivity contribution is 7.10. The number of piperidine rings is 1. The fourth-order valence-electron chi connectivity index (χ4n) is 4.86. The van der Waals surface area contributed by atoms with Crippen molar-refractivity contribution in [1.29, 1.82) is 0 Å². The van der Waals surface area contributed by atoms with Crippen molar-refractivity contribution in [3.63, 3.8) is 0 Å². The lowest BCUT2D eigenvalue weighted by molar-refractivity contribution is -0.133. The first-order valence-electron chi connectivity index (χ1n) is 12.9. The summed E-state index contributed by atoms with van der Waals surface area (Å²) in [5.41, 5.74) is -0.00762. The minimum atomic E-state index is -3.03. The zero-order chi connectivity index (χ0) is 29.1. The van der Waals surface area contributed by atoms with Gasteiger partial charge in [0.2, 0.25) is 5.91 Å². The predicted octanol–water partition coefficient (Wildman–Crippen LogP) is 6.19. The Balaban J connectivity index is 1.18. The molecule has 14 heteroatoms. The van der Waals surface area contributed by atoms with Crippen molar-refractivity contribution < 1.29 is 36.3 Å². The molecule has 0 bridgehead atoms. The van der Waals surface area contributed by atoms with Crippen LogP contribution in [0.25, 0.3) is 0 Å². The number of hydrogen-bond acceptors (Lipinski definition) is 7. The maximum atomic E-state index is 14.7. The van der Waals surface area contributed by atoms with Crippen LogP contribution >= 0.6 is 11.3 Å². The number of ether oxygens (including phenoxy) is 1. The highest BCUT2D eigenvalue weighted by atomic mass is 32.1. The molecule has 1 fully saturated rings. The van der Waals surface area contributed by atoms with E-state index in [1.54, 1.807) is 18.2 Å². The SMILES string of the molecule is C=CCOc1cccc(F)c1[C@@H]1CC(c2csc(C3CCN(C(=O)Cn4nc(C(F)F)cc4C(F)F)CC3)n2)=NO1. The van der Waals surface area contributed by atoms with Crippen molar-refractivity contribution in [2.24, 2.45) is 5.16 Å². The smallest absolute Gasteiger partial charge is 0.282 e. The Labute approximate surface area is 236 Å². The molecule has 5 rings (SSSR count). The molecular weight excluding hydrogens is 569 g/mol. The normalized spacial score (nSPS) is 17.7. The maximum Gasteiger partial charge on any atom is 0.282 e. The van der Waals surface area contributed by atoms with Crippen LogP contribution in [0.5, 0.6) is 5.75 Å². The van der Waals surface area contributed by atoms with Crippen LogP contribution in [0.2, 0.25) is 0 Å². The van der Waals surface area contributed by atoms with Gasteiger partial charge in [-0.3, -0.25) is 9.48 Å². The molecule has 0 radical (unpaired) electrons. The topological polar surface area (TPSA) is 81.8 Å². The van der Waals surface area contributed by atoms with Crippen LogP contribution in [0.4, 0.5) is 22.0 Å². The van der Waals surface area contributed by atoms with Crippen LogP contribution < -0.4 is 4.74 Å². The Kier molecular flexibility index (Phi) is 8.66. The number of likely N-dealkylation sites (tertiary alicyclic amines) is 1. The summed E-state index contributed by atoms with van der Waals surface area (Å²) in [7, 11) is 0. The van der Waals surface area contributed by atoms with Crippen molar-refractivity contribution >= 4 is 23.0 Å². The second-order valence-corrected chi connectivity index (χ2v) is 10.5. The highest BCUT2D eigenvalue weighted by Crippen LogP contribution is 2.38. The molecule has 0 spiro atoms. The summed E-state index contributed by atoms with van der Waals surface area (Å²) in [4.78, 5) is 24.5. The van der Waals surface area contributed by atoms with E-state index >= 15 is 0 Å². The Hall–Kier alpha value is -3.81. The van der Waals surface area contributed by atoms with Crippen LogP contribution in [-0.2, 0) is 16.2 Å². The number of thiazole rings is 1. The summed E-state index contributed by atoms with van der Waals surface area (Å²) in [6.07, 6.45) is -3.65. The third kappa shape index (κ3) is 6.26. The molecule has 218 valence electrons. The van der Waals surface area contributed by atoms with Crippen molar-refractivity contribution in [3.8, 4) is 5.75 Å². The lowest BCUT2D eigenvalue weighted by atomic mass is 9.97. The molecule has 1 atom stereocenters. The van der Waals surface area contributed by atoms with Crippen LogP contribution in [0.15, 0.2) is 47.5 Å². The predicted molar refractivity (Wildman–Crippen MR) is 140 cm³/mol. The summed E-state index contributed by atoms with van der Waals surface area (Å²) in [6.45, 7) is 4.01. The van der Waals surface area contributed by atoms with Crippen LogP contribution in [0, 0.1) is 5.82 Å². The van der Waals surface area contributed by atoms with Crippen LogP contribution in [0.1, 0.15) is 71.8 Å². The van der Waals surface area contributed by atoms with E-state index in [1.165, 1.54) is 22.3 Å². The molecule has 1 saturated heterocycles. The summed E-state index contributed by atoms with van der Waals surface area (Å²) < 4.78 is 73.3. The van der Waals surface area contributed by atoms with Gasteiger partial charge in [0.25, 0.3) is 12.9 Å². The first-order valence-corrected chi connectivity index (χ1v) is 13.7. The second kappa shape index (κ2) is 12.4. The molecular formula is C27H26F5N5O3S. The van der Waals surface area contributed by atoms with E-state index in [0.29, 0.717) is 60.3 Å². The van der Waals surface area contributed by atoms with Gasteiger partial charge in [-0.25, -0.2) is 26.9 Å². The number of rotatable bonds is 10. The van der Waals surface area contributed by atoms with Crippen molar-refractivity contribution in [1.82, 2.24) is 19.7 Å². The Morgan fingerprint density at radius 2 is 2.00 bits per heavy atom. The lowest BCUT2D eigenvalue weighted by Gasteiger charge is -2.31. The largest absolute Gasteiger partial charge is 0.489 e. The van der Waals surface area contributed by atoms with E-state index in [1.807, 2.05) is 5.38 Å². The molecule has 3 aromatic rings. The number of benzene rings is 1. The van der Waals surface area contributed by atoms with E-state index < -0.39 is 48.6 Å². The first kappa shape index (κ1) is 28.7. The minimum absolute atomic E-state index is 0.0637. The Morgan fingerprint density at radius 1 is 1.22 bits per heavy atom. The van der Waals surface area contributed by atoms with E-state index in [2.05, 4.69) is 16.8 Å². The molecule has 1 aromatic carbocycles. The minimum Gasteiger partial charge on any atom is -0.489 e. The number of oxime groups is 1. The number of aromatic nitrogens is 3. The number of halogens is 5. The van der Waals surface area contributed by atoms with Gasteiger partial charge >= 0.3 is 0 Å². The van der Waals surface area contributed by atoms with Crippen LogP contribution in [-0.4, -0.2) is 51.0 Å². The Morgan fingerprint density at radius 3 is 2.71 bits per heavy atom. The van der Waals surface area contributed by atoms with Gasteiger partial charge in [0.05, 0.1) is 16.3 Å². The average Bonchev–Trinajstić information content (AvgIpc) is 3.72. The standard InChI is InChI=1S/C27H26F5N5O3S/c1-2-10-39-21-5-3-4-16(28)24(21)22-12-17(35-40-22)19-14-41-27(33-19)15-6-8-36(9-7-15)23(38)13-37-20(26(31)32)11-18(34-37)25(29)30/h2-5,11,14-15,22,25-26H,1,6-10,12-13H2/t22-/m0/s1. The number of alkyl halides is 4. The zero-order valence-corrected chi connectivity index (χ0v) is 22.5. The molecule has 41 heavy (non-hydrogen) atoms.